The number of likely N-dealkylation sites (tertiary alicyclic amines) is 1. The Morgan fingerprint density at radius 3 is 2.57 bits per heavy atom. The zero-order chi connectivity index (χ0) is 19.9. The van der Waals surface area contributed by atoms with Gasteiger partial charge < -0.3 is 20.4 Å². The Hall–Kier alpha value is -3.02. The highest BCUT2D eigenvalue weighted by atomic mass is 16.2. The van der Waals surface area contributed by atoms with Gasteiger partial charge in [-0.15, -0.1) is 0 Å². The Kier molecular flexibility index (Phi) is 6.53. The second-order valence-corrected chi connectivity index (χ2v) is 7.07. The summed E-state index contributed by atoms with van der Waals surface area (Å²) in [5, 5.41) is 5.72. The van der Waals surface area contributed by atoms with Crippen LogP contribution in [0.15, 0.2) is 48.5 Å². The second-order valence-electron chi connectivity index (χ2n) is 7.07. The molecule has 1 aliphatic heterocycles. The predicted molar refractivity (Wildman–Crippen MR) is 113 cm³/mol. The predicted octanol–water partition coefficient (Wildman–Crippen LogP) is 3.70. The maximum Gasteiger partial charge on any atom is 0.319 e. The first-order valence-electron chi connectivity index (χ1n) is 9.81. The van der Waals surface area contributed by atoms with E-state index in [0.717, 1.165) is 49.4 Å². The van der Waals surface area contributed by atoms with Gasteiger partial charge in [-0.2, -0.15) is 0 Å². The highest BCUT2D eigenvalue weighted by molar-refractivity contribution is 5.94. The van der Waals surface area contributed by atoms with E-state index in [-0.39, 0.29) is 11.9 Å². The molecule has 1 aliphatic rings. The number of hydrogen-bond donors (Lipinski definition) is 2. The standard InChI is InChI=1S/C22H28N4O2/c1-3-25(2)20-11-7-10-19(15-20)24-22(28)23-16-17-8-6-9-18(14-17)21(27)26-12-4-5-13-26/h6-11,14-15H,3-5,12-13,16H2,1-2H3,(H2,23,24,28). The van der Waals surface area contributed by atoms with Crippen LogP contribution in [0, 0.1) is 0 Å². The number of urea groups is 1. The molecule has 0 aromatic heterocycles. The number of rotatable bonds is 6. The van der Waals surface area contributed by atoms with Crippen LogP contribution in [0.4, 0.5) is 16.2 Å². The van der Waals surface area contributed by atoms with Crippen LogP contribution in [0.1, 0.15) is 35.7 Å². The van der Waals surface area contributed by atoms with Crippen molar-refractivity contribution in [3.05, 3.63) is 59.7 Å². The summed E-state index contributed by atoms with van der Waals surface area (Å²) in [6, 6.07) is 14.9. The van der Waals surface area contributed by atoms with Crippen molar-refractivity contribution >= 4 is 23.3 Å². The largest absolute Gasteiger partial charge is 0.375 e. The van der Waals surface area contributed by atoms with Crippen molar-refractivity contribution in [1.82, 2.24) is 10.2 Å². The zero-order valence-corrected chi connectivity index (χ0v) is 16.6. The normalized spacial score (nSPS) is 13.3. The van der Waals surface area contributed by atoms with Crippen LogP contribution in [-0.4, -0.2) is 43.5 Å². The van der Waals surface area contributed by atoms with Crippen molar-refractivity contribution < 1.29 is 9.59 Å². The molecule has 148 valence electrons. The Balaban J connectivity index is 1.56. The van der Waals surface area contributed by atoms with E-state index in [0.29, 0.717) is 12.1 Å². The Labute approximate surface area is 166 Å². The zero-order valence-electron chi connectivity index (χ0n) is 16.6. The molecular formula is C22H28N4O2. The second kappa shape index (κ2) is 9.26. The number of carbonyl (C=O) groups is 2. The summed E-state index contributed by atoms with van der Waals surface area (Å²) in [4.78, 5) is 28.8. The van der Waals surface area contributed by atoms with E-state index < -0.39 is 0 Å². The van der Waals surface area contributed by atoms with Gasteiger partial charge in [-0.1, -0.05) is 18.2 Å². The molecule has 0 saturated carbocycles. The number of amides is 3. The summed E-state index contributed by atoms with van der Waals surface area (Å²) < 4.78 is 0. The fourth-order valence-corrected chi connectivity index (χ4v) is 3.28. The van der Waals surface area contributed by atoms with Crippen LogP contribution in [0.25, 0.3) is 0 Å². The average molecular weight is 380 g/mol. The van der Waals surface area contributed by atoms with Gasteiger partial charge in [0.15, 0.2) is 0 Å². The molecule has 1 heterocycles. The van der Waals surface area contributed by atoms with Crippen molar-refractivity contribution in [1.29, 1.82) is 0 Å². The minimum absolute atomic E-state index is 0.0701. The SMILES string of the molecule is CCN(C)c1cccc(NC(=O)NCc2cccc(C(=O)N3CCCC3)c2)c1. The van der Waals surface area contributed by atoms with Gasteiger partial charge in [0.25, 0.3) is 5.91 Å². The molecule has 3 rings (SSSR count). The summed E-state index contributed by atoms with van der Waals surface area (Å²) in [5.74, 6) is 0.0701. The molecule has 0 bridgehead atoms. The molecule has 2 aromatic carbocycles. The fraction of sp³-hybridized carbons (Fsp3) is 0.364. The number of benzene rings is 2. The number of carbonyl (C=O) groups excluding carboxylic acids is 2. The van der Waals surface area contributed by atoms with Crippen LogP contribution in [0.3, 0.4) is 0 Å². The van der Waals surface area contributed by atoms with Crippen molar-refractivity contribution in [2.24, 2.45) is 0 Å². The summed E-state index contributed by atoms with van der Waals surface area (Å²) >= 11 is 0. The topological polar surface area (TPSA) is 64.7 Å². The molecule has 1 fully saturated rings. The highest BCUT2D eigenvalue weighted by Gasteiger charge is 2.19. The Morgan fingerprint density at radius 1 is 1.07 bits per heavy atom. The highest BCUT2D eigenvalue weighted by Crippen LogP contribution is 2.18. The van der Waals surface area contributed by atoms with E-state index >= 15 is 0 Å². The molecule has 0 unspecified atom stereocenters. The molecule has 6 nitrogen and oxygen atoms in total. The summed E-state index contributed by atoms with van der Waals surface area (Å²) in [5.41, 5.74) is 3.37. The minimum atomic E-state index is -0.271. The first kappa shape index (κ1) is 19.7. The lowest BCUT2D eigenvalue weighted by Crippen LogP contribution is -2.29. The van der Waals surface area contributed by atoms with E-state index in [4.69, 9.17) is 0 Å². The van der Waals surface area contributed by atoms with E-state index in [1.165, 1.54) is 0 Å². The Bertz CT molecular complexity index is 831. The van der Waals surface area contributed by atoms with E-state index in [9.17, 15) is 9.59 Å². The monoisotopic (exact) mass is 380 g/mol. The molecule has 1 saturated heterocycles. The van der Waals surface area contributed by atoms with Crippen molar-refractivity contribution in [2.45, 2.75) is 26.3 Å². The number of nitrogens with one attached hydrogen (secondary N) is 2. The molecule has 0 radical (unpaired) electrons. The van der Waals surface area contributed by atoms with Crippen molar-refractivity contribution in [3.8, 4) is 0 Å². The van der Waals surface area contributed by atoms with Crippen molar-refractivity contribution in [2.75, 3.05) is 36.9 Å². The lowest BCUT2D eigenvalue weighted by atomic mass is 10.1. The van der Waals surface area contributed by atoms with Gasteiger partial charge in [0.1, 0.15) is 0 Å². The van der Waals surface area contributed by atoms with E-state index in [1.54, 1.807) is 0 Å². The van der Waals surface area contributed by atoms with Gasteiger partial charge in [0.05, 0.1) is 0 Å². The molecular weight excluding hydrogens is 352 g/mol. The molecule has 0 aliphatic carbocycles. The van der Waals surface area contributed by atoms with Gasteiger partial charge in [0.2, 0.25) is 0 Å². The summed E-state index contributed by atoms with van der Waals surface area (Å²) in [6.45, 7) is 4.99. The number of hydrogen-bond acceptors (Lipinski definition) is 3. The van der Waals surface area contributed by atoms with Gasteiger partial charge in [-0.3, -0.25) is 4.79 Å². The van der Waals surface area contributed by atoms with Gasteiger partial charge in [-0.05, 0) is 55.7 Å². The third-order valence-electron chi connectivity index (χ3n) is 5.04. The van der Waals surface area contributed by atoms with Gasteiger partial charge in [-0.25, -0.2) is 4.79 Å². The molecule has 28 heavy (non-hydrogen) atoms. The van der Waals surface area contributed by atoms with Crippen LogP contribution >= 0.6 is 0 Å². The smallest absolute Gasteiger partial charge is 0.319 e. The summed E-state index contributed by atoms with van der Waals surface area (Å²) in [7, 11) is 2.01. The molecule has 0 spiro atoms. The summed E-state index contributed by atoms with van der Waals surface area (Å²) in [6.07, 6.45) is 2.14. The van der Waals surface area contributed by atoms with Crippen LogP contribution in [0.2, 0.25) is 0 Å². The fourth-order valence-electron chi connectivity index (χ4n) is 3.28. The lowest BCUT2D eigenvalue weighted by molar-refractivity contribution is 0.0792. The molecule has 2 N–H and O–H groups in total. The van der Waals surface area contributed by atoms with Crippen LogP contribution in [0.5, 0.6) is 0 Å². The van der Waals surface area contributed by atoms with E-state index in [2.05, 4.69) is 22.5 Å². The first-order chi connectivity index (χ1) is 13.6. The quantitative estimate of drug-likeness (QED) is 0.803. The third kappa shape index (κ3) is 5.03. The maximum absolute atomic E-state index is 12.5. The third-order valence-corrected chi connectivity index (χ3v) is 5.04. The lowest BCUT2D eigenvalue weighted by Gasteiger charge is -2.18. The van der Waals surface area contributed by atoms with Gasteiger partial charge >= 0.3 is 6.03 Å². The number of anilines is 2. The molecule has 3 amide bonds. The van der Waals surface area contributed by atoms with Crippen LogP contribution in [-0.2, 0) is 6.54 Å². The van der Waals surface area contributed by atoms with Crippen molar-refractivity contribution in [3.63, 3.8) is 0 Å². The molecule has 6 heteroatoms. The Morgan fingerprint density at radius 2 is 1.82 bits per heavy atom. The first-order valence-corrected chi connectivity index (χ1v) is 9.81. The van der Waals surface area contributed by atoms with Gasteiger partial charge in [0, 0.05) is 50.2 Å². The minimum Gasteiger partial charge on any atom is -0.375 e. The number of nitrogens with zero attached hydrogens (tertiary/aromatic N) is 2. The van der Waals surface area contributed by atoms with E-state index in [1.807, 2.05) is 60.5 Å². The average Bonchev–Trinajstić information content (AvgIpc) is 3.26. The molecule has 0 atom stereocenters. The maximum atomic E-state index is 12.5. The molecule has 2 aromatic rings. The van der Waals surface area contributed by atoms with Crippen LogP contribution < -0.4 is 15.5 Å².